The highest BCUT2D eigenvalue weighted by atomic mass is 32.1. The topological polar surface area (TPSA) is 94.1 Å². The minimum atomic E-state index is -0.669. The van der Waals surface area contributed by atoms with E-state index in [0.717, 1.165) is 71.1 Å². The number of nitrogens with zero attached hydrogens (tertiary/aromatic N) is 3. The molecule has 0 radical (unpaired) electrons. The van der Waals surface area contributed by atoms with Gasteiger partial charge in [0, 0.05) is 37.9 Å². The summed E-state index contributed by atoms with van der Waals surface area (Å²) in [5.41, 5.74) is 11.5. The number of imidazole rings is 1. The van der Waals surface area contributed by atoms with Crippen LogP contribution in [-0.2, 0) is 11.2 Å². The number of primary amides is 1. The lowest BCUT2D eigenvalue weighted by molar-refractivity contribution is 0.0992. The molecule has 41 heavy (non-hydrogen) atoms. The smallest absolute Gasteiger partial charge is 0.252 e. The van der Waals surface area contributed by atoms with Crippen molar-refractivity contribution in [3.8, 4) is 17.0 Å². The molecule has 4 aromatic rings. The zero-order chi connectivity index (χ0) is 28.3. The fourth-order valence-electron chi connectivity index (χ4n) is 6.10. The summed E-state index contributed by atoms with van der Waals surface area (Å²) in [7, 11) is 1.61. The molecule has 0 saturated carbocycles. The second-order valence-corrected chi connectivity index (χ2v) is 12.0. The third-order valence-corrected chi connectivity index (χ3v) is 9.31. The van der Waals surface area contributed by atoms with Gasteiger partial charge in [-0.2, -0.15) is 0 Å². The van der Waals surface area contributed by atoms with Crippen LogP contribution in [0.4, 0.5) is 4.39 Å². The van der Waals surface area contributed by atoms with Gasteiger partial charge in [0.2, 0.25) is 0 Å². The number of piperidine rings is 1. The number of likely N-dealkylation sites (tertiary alicyclic amines) is 1. The molecule has 2 aromatic carbocycles. The predicted molar refractivity (Wildman–Crippen MR) is 161 cm³/mol. The number of aromatic nitrogens is 2. The van der Waals surface area contributed by atoms with E-state index in [4.69, 9.17) is 20.2 Å². The fourth-order valence-corrected chi connectivity index (χ4v) is 7.16. The summed E-state index contributed by atoms with van der Waals surface area (Å²) in [5.74, 6) is -0.0781. The molecule has 0 aliphatic carbocycles. The van der Waals surface area contributed by atoms with Crippen LogP contribution < -0.4 is 15.8 Å². The van der Waals surface area contributed by atoms with Gasteiger partial charge in [-0.1, -0.05) is 35.6 Å². The standard InChI is InChI=1S/C31H38FN5O3S/c1-39-16-17-40-27-19-26-28(18-23(27)30(33)38)41-31-35-29(21-8-6-20(7-9-21)24-4-2-12-34-24)25(37(26)31)5-3-13-36-14-10-22(32)11-15-36/h6-9,18-19,22,24,34H,2-5,10-17H2,1H3,(H2,33,38). The number of ether oxygens (including phenoxy) is 2. The van der Waals surface area contributed by atoms with E-state index < -0.39 is 12.1 Å². The van der Waals surface area contributed by atoms with Crippen LogP contribution in [0, 0.1) is 0 Å². The number of rotatable bonds is 11. The molecule has 2 aromatic heterocycles. The number of benzene rings is 2. The summed E-state index contributed by atoms with van der Waals surface area (Å²) in [5, 5.41) is 3.58. The lowest BCUT2D eigenvalue weighted by Crippen LogP contribution is -2.35. The molecule has 10 heteroatoms. The van der Waals surface area contributed by atoms with Crippen LogP contribution in [0.3, 0.4) is 0 Å². The highest BCUT2D eigenvalue weighted by Gasteiger charge is 2.23. The molecule has 2 fully saturated rings. The molecule has 3 N–H and O–H groups in total. The Hall–Kier alpha value is -3.05. The van der Waals surface area contributed by atoms with E-state index >= 15 is 0 Å². The number of hydrogen-bond donors (Lipinski definition) is 2. The molecule has 1 amide bonds. The number of thiazole rings is 1. The van der Waals surface area contributed by atoms with E-state index in [1.165, 1.54) is 18.4 Å². The highest BCUT2D eigenvalue weighted by molar-refractivity contribution is 7.23. The molecular formula is C31H38FN5O3S. The van der Waals surface area contributed by atoms with Crippen molar-refractivity contribution in [2.75, 3.05) is 46.5 Å². The average Bonchev–Trinajstić information content (AvgIpc) is 3.71. The number of alkyl halides is 1. The molecule has 0 spiro atoms. The van der Waals surface area contributed by atoms with E-state index in [-0.39, 0.29) is 0 Å². The normalized spacial score (nSPS) is 18.5. The second-order valence-electron chi connectivity index (χ2n) is 11.0. The molecule has 1 atom stereocenters. The zero-order valence-corrected chi connectivity index (χ0v) is 24.4. The lowest BCUT2D eigenvalue weighted by atomic mass is 10.0. The Morgan fingerprint density at radius 2 is 1.98 bits per heavy atom. The van der Waals surface area contributed by atoms with Crippen LogP contribution in [0.1, 0.15) is 59.8 Å². The predicted octanol–water partition coefficient (Wildman–Crippen LogP) is 5.13. The van der Waals surface area contributed by atoms with Crippen molar-refractivity contribution in [3.05, 3.63) is 53.2 Å². The van der Waals surface area contributed by atoms with Gasteiger partial charge in [-0.15, -0.1) is 0 Å². The Bertz CT molecular complexity index is 1500. The number of aryl methyl sites for hydroxylation is 1. The van der Waals surface area contributed by atoms with E-state index in [2.05, 4.69) is 38.9 Å². The van der Waals surface area contributed by atoms with Gasteiger partial charge in [-0.05, 0) is 63.2 Å². The third kappa shape index (κ3) is 5.97. The molecule has 6 rings (SSSR count). The first-order valence-corrected chi connectivity index (χ1v) is 15.4. The molecule has 4 heterocycles. The first kappa shape index (κ1) is 28.1. The van der Waals surface area contributed by atoms with Gasteiger partial charge in [0.05, 0.1) is 33.8 Å². The van der Waals surface area contributed by atoms with E-state index in [1.54, 1.807) is 18.4 Å². The Labute approximate surface area is 243 Å². The monoisotopic (exact) mass is 579 g/mol. The van der Waals surface area contributed by atoms with Crippen molar-refractivity contribution in [1.82, 2.24) is 19.6 Å². The van der Waals surface area contributed by atoms with Gasteiger partial charge in [0.25, 0.3) is 5.91 Å². The summed E-state index contributed by atoms with van der Waals surface area (Å²) >= 11 is 1.55. The number of halogens is 1. The number of carbonyl (C=O) groups excluding carboxylic acids is 1. The average molecular weight is 580 g/mol. The minimum Gasteiger partial charge on any atom is -0.490 e. The van der Waals surface area contributed by atoms with Gasteiger partial charge < -0.3 is 25.4 Å². The number of carbonyl (C=O) groups is 1. The van der Waals surface area contributed by atoms with Crippen LogP contribution in [0.5, 0.6) is 5.75 Å². The molecular weight excluding hydrogens is 541 g/mol. The van der Waals surface area contributed by atoms with E-state index in [9.17, 15) is 9.18 Å². The summed E-state index contributed by atoms with van der Waals surface area (Å²) in [6.45, 7) is 4.33. The van der Waals surface area contributed by atoms with Gasteiger partial charge in [0.1, 0.15) is 18.5 Å². The van der Waals surface area contributed by atoms with Crippen molar-refractivity contribution in [2.45, 2.75) is 50.7 Å². The number of methoxy groups -OCH3 is 1. The van der Waals surface area contributed by atoms with Crippen molar-refractivity contribution in [1.29, 1.82) is 0 Å². The van der Waals surface area contributed by atoms with Crippen LogP contribution in [0.25, 0.3) is 26.4 Å². The maximum absolute atomic E-state index is 13.7. The van der Waals surface area contributed by atoms with Gasteiger partial charge in [-0.25, -0.2) is 9.37 Å². The second kappa shape index (κ2) is 12.4. The quantitative estimate of drug-likeness (QED) is 0.239. The van der Waals surface area contributed by atoms with Crippen LogP contribution in [0.15, 0.2) is 36.4 Å². The fraction of sp³-hybridized carbons (Fsp3) is 0.484. The van der Waals surface area contributed by atoms with Gasteiger partial charge in [0.15, 0.2) is 4.96 Å². The van der Waals surface area contributed by atoms with Crippen molar-refractivity contribution in [3.63, 3.8) is 0 Å². The Balaban J connectivity index is 1.37. The maximum atomic E-state index is 13.7. The summed E-state index contributed by atoms with van der Waals surface area (Å²) in [6.07, 6.45) is 4.70. The number of fused-ring (bicyclic) bond motifs is 3. The van der Waals surface area contributed by atoms with Gasteiger partial charge in [-0.3, -0.25) is 9.20 Å². The Morgan fingerprint density at radius 3 is 2.68 bits per heavy atom. The number of nitrogens with one attached hydrogen (secondary N) is 1. The molecule has 8 nitrogen and oxygen atoms in total. The summed E-state index contributed by atoms with van der Waals surface area (Å²) in [4.78, 5) is 20.6. The third-order valence-electron chi connectivity index (χ3n) is 8.31. The van der Waals surface area contributed by atoms with E-state index in [1.807, 2.05) is 12.1 Å². The number of amides is 1. The van der Waals surface area contributed by atoms with Crippen LogP contribution in [-0.4, -0.2) is 72.9 Å². The first-order chi connectivity index (χ1) is 20.0. The molecule has 2 saturated heterocycles. The lowest BCUT2D eigenvalue weighted by Gasteiger charge is -2.28. The number of hydrogen-bond acceptors (Lipinski definition) is 7. The molecule has 1 unspecified atom stereocenters. The molecule has 0 bridgehead atoms. The summed E-state index contributed by atoms with van der Waals surface area (Å²) < 4.78 is 27.9. The molecule has 218 valence electrons. The largest absolute Gasteiger partial charge is 0.490 e. The van der Waals surface area contributed by atoms with Crippen LogP contribution >= 0.6 is 11.3 Å². The van der Waals surface area contributed by atoms with Crippen molar-refractivity contribution < 1.29 is 18.7 Å². The molecule has 2 aliphatic heterocycles. The minimum absolute atomic E-state index is 0.315. The SMILES string of the molecule is COCCOc1cc2c(cc1C(N)=O)sc1nc(-c3ccc(C4CCCN4)cc3)c(CCCN3CCC(F)CC3)n12. The Morgan fingerprint density at radius 1 is 1.17 bits per heavy atom. The highest BCUT2D eigenvalue weighted by Crippen LogP contribution is 2.37. The molecule has 2 aliphatic rings. The zero-order valence-electron chi connectivity index (χ0n) is 23.5. The summed E-state index contributed by atoms with van der Waals surface area (Å²) in [6, 6.07) is 12.9. The van der Waals surface area contributed by atoms with Gasteiger partial charge >= 0.3 is 0 Å². The maximum Gasteiger partial charge on any atom is 0.252 e. The Kier molecular flexibility index (Phi) is 8.52. The van der Waals surface area contributed by atoms with Crippen LogP contribution in [0.2, 0.25) is 0 Å². The van der Waals surface area contributed by atoms with E-state index in [0.29, 0.717) is 43.4 Å². The van der Waals surface area contributed by atoms with Crippen molar-refractivity contribution in [2.24, 2.45) is 5.73 Å². The van der Waals surface area contributed by atoms with Crippen molar-refractivity contribution >= 4 is 32.4 Å². The number of nitrogens with two attached hydrogens (primary N) is 1. The first-order valence-electron chi connectivity index (χ1n) is 14.6.